The quantitative estimate of drug-likeness (QED) is 0.266. The number of hydrogen-bond donors (Lipinski definition) is 0. The minimum Gasteiger partial charge on any atom is -0.497 e. The van der Waals surface area contributed by atoms with E-state index in [1.807, 2.05) is 55.5 Å². The van der Waals surface area contributed by atoms with Crippen LogP contribution in [-0.2, 0) is 13.0 Å². The molecule has 0 N–H and O–H groups in total. The Bertz CT molecular complexity index is 1560. The Labute approximate surface area is 205 Å². The van der Waals surface area contributed by atoms with Crippen LogP contribution in [0, 0.1) is 6.92 Å². The monoisotopic (exact) mass is 460 g/mol. The van der Waals surface area contributed by atoms with E-state index in [0.717, 1.165) is 65.3 Å². The summed E-state index contributed by atoms with van der Waals surface area (Å²) in [6.45, 7) is 2.97. The van der Waals surface area contributed by atoms with Gasteiger partial charge in [-0.3, -0.25) is 9.20 Å². The second-order valence-corrected chi connectivity index (χ2v) is 9.32. The van der Waals surface area contributed by atoms with Crippen LogP contribution in [0.4, 0.5) is 0 Å². The molecule has 35 heavy (non-hydrogen) atoms. The van der Waals surface area contributed by atoms with Crippen molar-refractivity contribution in [3.8, 4) is 28.1 Å². The van der Waals surface area contributed by atoms with Crippen molar-refractivity contribution in [2.45, 2.75) is 32.7 Å². The number of ether oxygens (including phenoxy) is 1. The van der Waals surface area contributed by atoms with E-state index in [4.69, 9.17) is 4.74 Å². The van der Waals surface area contributed by atoms with Gasteiger partial charge in [0.2, 0.25) is 5.78 Å². The van der Waals surface area contributed by atoms with Crippen molar-refractivity contribution in [3.63, 3.8) is 0 Å². The number of benzene rings is 3. The summed E-state index contributed by atoms with van der Waals surface area (Å²) in [5.41, 5.74) is 9.27. The Morgan fingerprint density at radius 2 is 1.69 bits per heavy atom. The highest BCUT2D eigenvalue weighted by Gasteiger charge is 2.30. The van der Waals surface area contributed by atoms with Crippen molar-refractivity contribution in [1.29, 1.82) is 0 Å². The number of carbonyl (C=O) groups excluding carboxylic acids is 1. The van der Waals surface area contributed by atoms with Gasteiger partial charge in [0.1, 0.15) is 17.1 Å². The molecule has 0 atom stereocenters. The van der Waals surface area contributed by atoms with Crippen LogP contribution in [0.2, 0.25) is 0 Å². The molecule has 1 aliphatic heterocycles. The number of imidazole rings is 1. The van der Waals surface area contributed by atoms with Gasteiger partial charge in [-0.2, -0.15) is 0 Å². The Hall–Kier alpha value is -4.05. The van der Waals surface area contributed by atoms with Crippen LogP contribution >= 0.6 is 0 Å². The topological polar surface area (TPSA) is 35.6 Å². The number of aromatic nitrogens is 2. The highest BCUT2D eigenvalue weighted by Crippen LogP contribution is 2.41. The average molecular weight is 461 g/mol. The fraction of sp³-hybridized carbons (Fsp3) is 0.194. The van der Waals surface area contributed by atoms with E-state index in [1.165, 1.54) is 11.1 Å². The predicted octanol–water partition coefficient (Wildman–Crippen LogP) is 6.96. The van der Waals surface area contributed by atoms with Crippen LogP contribution in [0.25, 0.3) is 28.0 Å². The van der Waals surface area contributed by atoms with Gasteiger partial charge in [0.25, 0.3) is 0 Å². The summed E-state index contributed by atoms with van der Waals surface area (Å²) in [6, 6.07) is 26.5. The number of methoxy groups -OCH3 is 1. The van der Waals surface area contributed by atoms with E-state index >= 15 is 0 Å². The largest absolute Gasteiger partial charge is 0.497 e. The number of aryl methyl sites for hydroxylation is 3. The summed E-state index contributed by atoms with van der Waals surface area (Å²) >= 11 is 0. The number of rotatable bonds is 5. The third kappa shape index (κ3) is 3.57. The lowest BCUT2D eigenvalue weighted by Gasteiger charge is -2.11. The van der Waals surface area contributed by atoms with Crippen molar-refractivity contribution in [2.75, 3.05) is 7.11 Å². The van der Waals surface area contributed by atoms with Gasteiger partial charge in [0.05, 0.1) is 12.8 Å². The normalized spacial score (nSPS) is 13.1. The Morgan fingerprint density at radius 1 is 0.886 bits per heavy atom. The molecule has 3 aromatic carbocycles. The van der Waals surface area contributed by atoms with Gasteiger partial charge in [-0.15, -0.1) is 0 Å². The molecule has 0 saturated heterocycles. The van der Waals surface area contributed by atoms with E-state index in [9.17, 15) is 4.79 Å². The maximum absolute atomic E-state index is 14.2. The average Bonchev–Trinajstić information content (AvgIpc) is 3.32. The first-order chi connectivity index (χ1) is 17.2. The standard InChI is InChI=1S/C31H28N2O2/c1-21-10-8-14-24(18-21)30(34)29-28(23-13-9-15-25(19-23)35-2)26-16-6-7-17-32-27(20-33(29)31(26)32)22-11-4-3-5-12-22/h3-5,8-15,18-20H,6-7,16-17H2,1-2H3. The third-order valence-corrected chi connectivity index (χ3v) is 7.06. The van der Waals surface area contributed by atoms with E-state index in [-0.39, 0.29) is 5.78 Å². The highest BCUT2D eigenvalue weighted by atomic mass is 16.5. The van der Waals surface area contributed by atoms with Gasteiger partial charge in [-0.25, -0.2) is 0 Å². The van der Waals surface area contributed by atoms with Crippen molar-refractivity contribution < 1.29 is 9.53 Å². The molecule has 5 aromatic rings. The first-order valence-electron chi connectivity index (χ1n) is 12.2. The zero-order valence-corrected chi connectivity index (χ0v) is 20.1. The van der Waals surface area contributed by atoms with Crippen LogP contribution in [0.1, 0.15) is 40.0 Å². The number of ketones is 1. The Morgan fingerprint density at radius 3 is 2.49 bits per heavy atom. The predicted molar refractivity (Wildman–Crippen MR) is 140 cm³/mol. The fourth-order valence-corrected chi connectivity index (χ4v) is 5.46. The molecule has 0 saturated carbocycles. The van der Waals surface area contributed by atoms with Crippen LogP contribution in [0.5, 0.6) is 5.75 Å². The second-order valence-electron chi connectivity index (χ2n) is 9.32. The minimum atomic E-state index is 0.0464. The minimum absolute atomic E-state index is 0.0464. The summed E-state index contributed by atoms with van der Waals surface area (Å²) in [4.78, 5) is 14.2. The SMILES string of the molecule is COc1cccc(-c2c3c4n(c(-c5ccccc5)cn4c2C(=O)c2cccc(C)c2)CCCC3)c1. The summed E-state index contributed by atoms with van der Waals surface area (Å²) in [7, 11) is 1.68. The summed E-state index contributed by atoms with van der Waals surface area (Å²) in [6.07, 6.45) is 5.30. The zero-order chi connectivity index (χ0) is 23.9. The molecule has 4 heteroatoms. The summed E-state index contributed by atoms with van der Waals surface area (Å²) in [5, 5.41) is 0. The van der Waals surface area contributed by atoms with Crippen molar-refractivity contribution >= 4 is 11.4 Å². The third-order valence-electron chi connectivity index (χ3n) is 7.06. The van der Waals surface area contributed by atoms with E-state index in [2.05, 4.69) is 45.5 Å². The number of hydrogen-bond acceptors (Lipinski definition) is 2. The molecule has 0 spiro atoms. The molecule has 0 fully saturated rings. The molecule has 174 valence electrons. The summed E-state index contributed by atoms with van der Waals surface area (Å²) in [5.74, 6) is 0.839. The van der Waals surface area contributed by atoms with Gasteiger partial charge in [0, 0.05) is 29.4 Å². The van der Waals surface area contributed by atoms with Crippen molar-refractivity contribution in [2.24, 2.45) is 0 Å². The molecular weight excluding hydrogens is 432 g/mol. The molecule has 3 heterocycles. The fourth-order valence-electron chi connectivity index (χ4n) is 5.46. The lowest BCUT2D eigenvalue weighted by Crippen LogP contribution is -2.07. The summed E-state index contributed by atoms with van der Waals surface area (Å²) < 4.78 is 10.1. The lowest BCUT2D eigenvalue weighted by molar-refractivity contribution is 0.103. The molecular formula is C31H28N2O2. The van der Waals surface area contributed by atoms with Gasteiger partial charge >= 0.3 is 0 Å². The molecule has 0 amide bonds. The van der Waals surface area contributed by atoms with Crippen LogP contribution in [0.15, 0.2) is 85.1 Å². The van der Waals surface area contributed by atoms with Gasteiger partial charge in [-0.1, -0.05) is 66.2 Å². The molecule has 2 aromatic heterocycles. The van der Waals surface area contributed by atoms with Crippen molar-refractivity contribution in [1.82, 2.24) is 8.97 Å². The first-order valence-corrected chi connectivity index (χ1v) is 12.2. The first kappa shape index (κ1) is 21.5. The molecule has 1 aliphatic rings. The molecule has 0 radical (unpaired) electrons. The van der Waals surface area contributed by atoms with E-state index < -0.39 is 0 Å². The second kappa shape index (κ2) is 8.62. The molecule has 6 rings (SSSR count). The molecule has 0 aliphatic carbocycles. The van der Waals surface area contributed by atoms with Crippen LogP contribution < -0.4 is 4.74 Å². The smallest absolute Gasteiger partial charge is 0.210 e. The van der Waals surface area contributed by atoms with Gasteiger partial charge in [-0.05, 0) is 55.5 Å². The van der Waals surface area contributed by atoms with Gasteiger partial charge < -0.3 is 9.30 Å². The maximum Gasteiger partial charge on any atom is 0.210 e. The molecule has 0 unspecified atom stereocenters. The Balaban J connectivity index is 1.69. The Kier molecular flexibility index (Phi) is 5.29. The highest BCUT2D eigenvalue weighted by molar-refractivity contribution is 6.14. The van der Waals surface area contributed by atoms with Crippen LogP contribution in [0.3, 0.4) is 0 Å². The lowest BCUT2D eigenvalue weighted by atomic mass is 9.94. The zero-order valence-electron chi connectivity index (χ0n) is 20.1. The molecule has 4 nitrogen and oxygen atoms in total. The number of nitrogens with zero attached hydrogens (tertiary/aromatic N) is 2. The van der Waals surface area contributed by atoms with Crippen molar-refractivity contribution in [3.05, 3.63) is 107 Å². The van der Waals surface area contributed by atoms with E-state index in [0.29, 0.717) is 5.56 Å². The maximum atomic E-state index is 14.2. The molecule has 0 bridgehead atoms. The van der Waals surface area contributed by atoms with Crippen LogP contribution in [-0.4, -0.2) is 21.9 Å². The number of carbonyl (C=O) groups is 1. The van der Waals surface area contributed by atoms with E-state index in [1.54, 1.807) is 7.11 Å². The van der Waals surface area contributed by atoms with Gasteiger partial charge in [0.15, 0.2) is 0 Å².